The van der Waals surface area contributed by atoms with Gasteiger partial charge in [-0.1, -0.05) is 0 Å². The summed E-state index contributed by atoms with van der Waals surface area (Å²) in [5.41, 5.74) is -0.171. The van der Waals surface area contributed by atoms with Gasteiger partial charge in [0.1, 0.15) is 5.75 Å². The fraction of sp³-hybridized carbons (Fsp3) is 0.500. The quantitative estimate of drug-likeness (QED) is 0.931. The molecule has 0 spiro atoms. The molecule has 0 amide bonds. The summed E-state index contributed by atoms with van der Waals surface area (Å²) in [5.74, 6) is 0.271. The number of benzene rings is 1. The fourth-order valence-corrected chi connectivity index (χ4v) is 2.57. The largest absolute Gasteiger partial charge is 0.493 e. The number of nitrogens with two attached hydrogens (primary N) is 1. The van der Waals surface area contributed by atoms with Crippen LogP contribution in [-0.2, 0) is 17.2 Å². The van der Waals surface area contributed by atoms with Gasteiger partial charge in [0.2, 0.25) is 0 Å². The summed E-state index contributed by atoms with van der Waals surface area (Å²) in [4.78, 5) is 0. The topological polar surface area (TPSA) is 52.3 Å². The number of fused-ring (bicyclic) bond motifs is 1. The molecule has 0 bridgehead atoms. The second-order valence-electron chi connectivity index (χ2n) is 4.63. The molecular weight excluding hydrogens is 279 g/mol. The molecule has 3 atom stereocenters. The molecule has 0 fully saturated rings. The van der Waals surface area contributed by atoms with Gasteiger partial charge in [0.05, 0.1) is 23.2 Å². The molecule has 106 valence electrons. The summed E-state index contributed by atoms with van der Waals surface area (Å²) < 4.78 is 54.5. The normalized spacial score (nSPS) is 21.6. The first-order chi connectivity index (χ1) is 8.79. The summed E-state index contributed by atoms with van der Waals surface area (Å²) >= 11 is 0. The number of ether oxygens (including phenoxy) is 1. The highest BCUT2D eigenvalue weighted by atomic mass is 32.2. The Bertz CT molecular complexity index is 504. The molecule has 2 rings (SSSR count). The highest BCUT2D eigenvalue weighted by Crippen LogP contribution is 2.40. The van der Waals surface area contributed by atoms with Crippen molar-refractivity contribution < 1.29 is 22.1 Å². The first kappa shape index (κ1) is 14.3. The molecule has 1 aliphatic heterocycles. The van der Waals surface area contributed by atoms with Crippen LogP contribution < -0.4 is 9.88 Å². The minimum atomic E-state index is -4.37. The summed E-state index contributed by atoms with van der Waals surface area (Å²) in [7, 11) is -1.48. The Balaban J connectivity index is 2.25. The van der Waals surface area contributed by atoms with Gasteiger partial charge in [0.15, 0.2) is 0 Å². The zero-order valence-corrected chi connectivity index (χ0v) is 11.1. The Hall–Kier alpha value is -1.08. The van der Waals surface area contributed by atoms with Crippen LogP contribution >= 0.6 is 0 Å². The standard InChI is InChI=1S/C12H14F3NO2S/c1-7(19(16)17)4-8-6-18-11-3-2-9(5-10(8)11)12(13,14)15/h2-3,5,7-8H,4,6,16H2,1H3. The molecule has 3 nitrogen and oxygen atoms in total. The van der Waals surface area contributed by atoms with E-state index in [-0.39, 0.29) is 11.2 Å². The summed E-state index contributed by atoms with van der Waals surface area (Å²) in [6, 6.07) is 3.45. The first-order valence-corrected chi connectivity index (χ1v) is 7.05. The van der Waals surface area contributed by atoms with Crippen molar-refractivity contribution in [2.45, 2.75) is 30.7 Å². The van der Waals surface area contributed by atoms with Gasteiger partial charge in [-0.05, 0) is 31.5 Å². The highest BCUT2D eigenvalue weighted by molar-refractivity contribution is 7.83. The van der Waals surface area contributed by atoms with E-state index in [2.05, 4.69) is 0 Å². The van der Waals surface area contributed by atoms with Gasteiger partial charge < -0.3 is 4.74 Å². The Labute approximate surface area is 111 Å². The zero-order valence-electron chi connectivity index (χ0n) is 10.2. The van der Waals surface area contributed by atoms with Crippen molar-refractivity contribution in [2.24, 2.45) is 5.14 Å². The van der Waals surface area contributed by atoms with Gasteiger partial charge >= 0.3 is 6.18 Å². The van der Waals surface area contributed by atoms with Crippen molar-refractivity contribution in [2.75, 3.05) is 6.61 Å². The van der Waals surface area contributed by atoms with Gasteiger partial charge in [-0.2, -0.15) is 13.2 Å². The van der Waals surface area contributed by atoms with Crippen molar-refractivity contribution in [3.8, 4) is 5.75 Å². The Kier molecular flexibility index (Phi) is 3.87. The van der Waals surface area contributed by atoms with Crippen LogP contribution in [0.25, 0.3) is 0 Å². The molecule has 0 aliphatic carbocycles. The van der Waals surface area contributed by atoms with Crippen LogP contribution in [0.15, 0.2) is 18.2 Å². The molecule has 19 heavy (non-hydrogen) atoms. The van der Waals surface area contributed by atoms with Crippen LogP contribution in [0.5, 0.6) is 5.75 Å². The van der Waals surface area contributed by atoms with Crippen LogP contribution in [-0.4, -0.2) is 16.1 Å². The van der Waals surface area contributed by atoms with Gasteiger partial charge in [0.25, 0.3) is 0 Å². The molecule has 1 heterocycles. The number of alkyl halides is 3. The molecule has 0 saturated carbocycles. The Morgan fingerprint density at radius 3 is 2.79 bits per heavy atom. The van der Waals surface area contributed by atoms with Gasteiger partial charge in [-0.3, -0.25) is 5.14 Å². The molecule has 0 saturated heterocycles. The monoisotopic (exact) mass is 293 g/mol. The maximum atomic E-state index is 12.7. The first-order valence-electron chi connectivity index (χ1n) is 5.78. The van der Waals surface area contributed by atoms with E-state index >= 15 is 0 Å². The van der Waals surface area contributed by atoms with Gasteiger partial charge in [0, 0.05) is 16.7 Å². The van der Waals surface area contributed by atoms with Crippen molar-refractivity contribution in [3.05, 3.63) is 29.3 Å². The molecule has 3 unspecified atom stereocenters. The van der Waals surface area contributed by atoms with E-state index in [0.717, 1.165) is 12.1 Å². The Morgan fingerprint density at radius 1 is 1.53 bits per heavy atom. The van der Waals surface area contributed by atoms with Crippen molar-refractivity contribution in [1.29, 1.82) is 0 Å². The second kappa shape index (κ2) is 5.13. The van der Waals surface area contributed by atoms with E-state index in [0.29, 0.717) is 24.3 Å². The third-order valence-corrected chi connectivity index (χ3v) is 4.22. The van der Waals surface area contributed by atoms with E-state index in [1.54, 1.807) is 6.92 Å². The number of rotatable bonds is 3. The second-order valence-corrected chi connectivity index (χ2v) is 6.09. The molecular formula is C12H14F3NO2S. The minimum Gasteiger partial charge on any atom is -0.493 e. The number of hydrogen-bond acceptors (Lipinski definition) is 2. The highest BCUT2D eigenvalue weighted by Gasteiger charge is 2.34. The summed E-state index contributed by atoms with van der Waals surface area (Å²) in [5, 5.41) is 5.00. The molecule has 1 aromatic carbocycles. The predicted octanol–water partition coefficient (Wildman–Crippen LogP) is 2.58. The number of halogens is 3. The molecule has 0 radical (unpaired) electrons. The Morgan fingerprint density at radius 2 is 2.21 bits per heavy atom. The maximum absolute atomic E-state index is 12.7. The zero-order chi connectivity index (χ0) is 14.2. The van der Waals surface area contributed by atoms with Crippen LogP contribution in [0.2, 0.25) is 0 Å². The predicted molar refractivity (Wildman–Crippen MR) is 66.1 cm³/mol. The third-order valence-electron chi connectivity index (χ3n) is 3.23. The van der Waals surface area contributed by atoms with Gasteiger partial charge in [-0.25, -0.2) is 4.21 Å². The van der Waals surface area contributed by atoms with Gasteiger partial charge in [-0.15, -0.1) is 0 Å². The lowest BCUT2D eigenvalue weighted by atomic mass is 9.95. The van der Waals surface area contributed by atoms with E-state index in [4.69, 9.17) is 9.88 Å². The summed E-state index contributed by atoms with van der Waals surface area (Å²) in [6.45, 7) is 2.01. The van der Waals surface area contributed by atoms with Crippen molar-refractivity contribution in [1.82, 2.24) is 0 Å². The SMILES string of the molecule is CC(CC1COc2ccc(C(F)(F)F)cc21)S(N)=O. The third kappa shape index (κ3) is 3.09. The number of hydrogen-bond donors (Lipinski definition) is 1. The molecule has 7 heteroatoms. The lowest BCUT2D eigenvalue weighted by molar-refractivity contribution is -0.137. The van der Waals surface area contributed by atoms with E-state index in [1.807, 2.05) is 0 Å². The van der Waals surface area contributed by atoms with E-state index < -0.39 is 22.7 Å². The van der Waals surface area contributed by atoms with E-state index in [1.165, 1.54) is 6.07 Å². The minimum absolute atomic E-state index is 0.195. The molecule has 0 aromatic heterocycles. The van der Waals surface area contributed by atoms with Crippen molar-refractivity contribution >= 4 is 11.0 Å². The fourth-order valence-electron chi connectivity index (χ4n) is 2.15. The lowest BCUT2D eigenvalue weighted by Crippen LogP contribution is -2.21. The van der Waals surface area contributed by atoms with Crippen LogP contribution in [0.3, 0.4) is 0 Å². The lowest BCUT2D eigenvalue weighted by Gasteiger charge is -2.14. The van der Waals surface area contributed by atoms with Crippen LogP contribution in [0, 0.1) is 0 Å². The summed E-state index contributed by atoms with van der Waals surface area (Å²) in [6.07, 6.45) is -3.93. The average molecular weight is 293 g/mol. The molecule has 2 N–H and O–H groups in total. The van der Waals surface area contributed by atoms with Crippen molar-refractivity contribution in [3.63, 3.8) is 0 Å². The molecule has 1 aromatic rings. The smallest absolute Gasteiger partial charge is 0.416 e. The van der Waals surface area contributed by atoms with Crippen LogP contribution in [0.1, 0.15) is 30.4 Å². The maximum Gasteiger partial charge on any atom is 0.416 e. The van der Waals surface area contributed by atoms with E-state index in [9.17, 15) is 17.4 Å². The molecule has 1 aliphatic rings. The van der Waals surface area contributed by atoms with Crippen LogP contribution in [0.4, 0.5) is 13.2 Å². The average Bonchev–Trinajstić information content (AvgIpc) is 2.70.